The van der Waals surface area contributed by atoms with E-state index in [0.29, 0.717) is 0 Å². The fourth-order valence-corrected chi connectivity index (χ4v) is 52.6. The van der Waals surface area contributed by atoms with Crippen molar-refractivity contribution < 1.29 is 0 Å². The average molecular weight is 930 g/mol. The lowest BCUT2D eigenvalue weighted by Crippen LogP contribution is -2.22. The standard InChI is InChI=1S/C58H47P6/c1-9-25-47(26-10-1)61(48-27-11-2-12-28-48)55-41-42-56(45-55)63(51-33-17-5-18-34-51,52-35-19-6-20-36-52)60-64(53-37-21-7-22-38-53,54-39-23-8-24-40-54)58-44-43-57(46-58)62(59-61,49-29-13-3-14-30-49)50-31-15-4-16-32-50/h1-43,45-46H,44H2/q+1. The molecule has 64 heavy (non-hydrogen) atoms. The number of hydrogen-bond acceptors (Lipinski definition) is 0. The lowest BCUT2D eigenvalue weighted by Gasteiger charge is -2.36. The van der Waals surface area contributed by atoms with Crippen molar-refractivity contribution in [1.29, 1.82) is 0 Å². The first-order valence-corrected chi connectivity index (χ1v) is 33.7. The molecule has 0 atom stereocenters. The van der Waals surface area contributed by atoms with Gasteiger partial charge in [0.15, 0.2) is 6.95 Å². The van der Waals surface area contributed by atoms with Crippen LogP contribution < -0.4 is 42.4 Å². The van der Waals surface area contributed by atoms with Gasteiger partial charge in [-0.25, -0.2) is 0 Å². The third kappa shape index (κ3) is 6.87. The van der Waals surface area contributed by atoms with Crippen molar-refractivity contribution in [1.82, 2.24) is 0 Å². The van der Waals surface area contributed by atoms with Crippen molar-refractivity contribution in [3.8, 4) is 0 Å². The Balaban J connectivity index is 1.45. The van der Waals surface area contributed by atoms with Crippen molar-refractivity contribution in [2.75, 3.05) is 0 Å². The molecule has 0 aromatic heterocycles. The molecular formula is C58H47P6+. The maximum Gasteiger partial charge on any atom is 0.161 e. The van der Waals surface area contributed by atoms with E-state index in [9.17, 15) is 0 Å². The van der Waals surface area contributed by atoms with Gasteiger partial charge in [0.25, 0.3) is 0 Å². The Labute approximate surface area is 382 Å². The molecule has 0 spiro atoms. The van der Waals surface area contributed by atoms with Crippen LogP contribution in [0.2, 0.25) is 0 Å². The summed E-state index contributed by atoms with van der Waals surface area (Å²) in [4.78, 5) is 0. The lowest BCUT2D eigenvalue weighted by molar-refractivity contribution is 1.40. The summed E-state index contributed by atoms with van der Waals surface area (Å²) < 4.78 is 0. The highest BCUT2D eigenvalue weighted by Crippen LogP contribution is 2.86. The number of benzene rings is 8. The highest BCUT2D eigenvalue weighted by molar-refractivity contribution is 8.54. The summed E-state index contributed by atoms with van der Waals surface area (Å²) in [7, 11) is 2.89. The van der Waals surface area contributed by atoms with Gasteiger partial charge in [-0.05, 0) is 103 Å². The summed E-state index contributed by atoms with van der Waals surface area (Å²) in [5, 5.41) is 17.4. The minimum atomic E-state index is -2.46. The quantitative estimate of drug-likeness (QED) is 0.133. The fourth-order valence-electron chi connectivity index (χ4n) is 9.77. The fraction of sp³-hybridized carbons (Fsp3) is 0.0172. The summed E-state index contributed by atoms with van der Waals surface area (Å²) in [6.45, 7) is -9.77. The van der Waals surface area contributed by atoms with Gasteiger partial charge >= 0.3 is 0 Å². The molecule has 11 rings (SSSR count). The molecule has 0 N–H and O–H groups in total. The van der Waals surface area contributed by atoms with Crippen LogP contribution in [0.15, 0.2) is 289 Å². The molecule has 0 radical (unpaired) electrons. The molecule has 0 saturated heterocycles. The lowest BCUT2D eigenvalue weighted by atomic mass is 10.4. The van der Waals surface area contributed by atoms with Crippen LogP contribution in [-0.4, -0.2) is 5.29 Å². The van der Waals surface area contributed by atoms with Gasteiger partial charge in [0, 0.05) is 19.7 Å². The Morgan fingerprint density at radius 2 is 0.719 bits per heavy atom. The monoisotopic (exact) mass is 929 g/mol. The zero-order valence-electron chi connectivity index (χ0n) is 35.4. The molecule has 6 heteroatoms. The largest absolute Gasteiger partial charge is 0.161 e. The third-order valence-corrected chi connectivity index (χ3v) is 47.6. The van der Waals surface area contributed by atoms with Gasteiger partial charge in [-0.1, -0.05) is 232 Å². The molecule has 8 aromatic carbocycles. The number of fused-ring (bicyclic) bond motifs is 2. The van der Waals surface area contributed by atoms with E-state index >= 15 is 0 Å². The van der Waals surface area contributed by atoms with Gasteiger partial charge < -0.3 is 0 Å². The molecule has 308 valence electrons. The Morgan fingerprint density at radius 1 is 0.359 bits per heavy atom. The maximum absolute atomic E-state index is 2.77. The van der Waals surface area contributed by atoms with E-state index < -0.39 is 26.6 Å². The van der Waals surface area contributed by atoms with Crippen molar-refractivity contribution in [3.63, 3.8) is 0 Å². The summed E-state index contributed by atoms with van der Waals surface area (Å²) in [5.41, 5.74) is 0. The minimum Gasteiger partial charge on any atom is -0.0713 e. The molecule has 1 aliphatic heterocycles. The van der Waals surface area contributed by atoms with Crippen molar-refractivity contribution in [2.45, 2.75) is 6.42 Å². The second-order valence-electron chi connectivity index (χ2n) is 16.2. The molecule has 0 nitrogen and oxygen atoms in total. The SMILES string of the molecule is C1=CC2=P(c3ccccc3)(c3ccccc3)P=P(c3ccccc3)(c3ccccc3)C3=CC(=CC3)P(c3ccccc3)(c3ccccc3)=P[P+](c3ccccc3)(c3ccccc3)C1=C2. The molecule has 4 bridgehead atoms. The number of rotatable bonds is 8. The Bertz CT molecular complexity index is 3100. The van der Waals surface area contributed by atoms with Crippen LogP contribution in [0.3, 0.4) is 0 Å². The van der Waals surface area contributed by atoms with E-state index in [1.807, 2.05) is 0 Å². The van der Waals surface area contributed by atoms with E-state index in [1.54, 1.807) is 5.31 Å². The Morgan fingerprint density at radius 3 is 1.12 bits per heavy atom. The smallest absolute Gasteiger partial charge is 0.0713 e. The van der Waals surface area contributed by atoms with Crippen LogP contribution in [0.4, 0.5) is 0 Å². The molecule has 0 unspecified atom stereocenters. The van der Waals surface area contributed by atoms with Crippen LogP contribution in [0, 0.1) is 0 Å². The molecule has 2 aliphatic carbocycles. The Kier molecular flexibility index (Phi) is 11.5. The third-order valence-electron chi connectivity index (χ3n) is 12.7. The van der Waals surface area contributed by atoms with Crippen molar-refractivity contribution >= 4 is 89.5 Å². The highest BCUT2D eigenvalue weighted by atomic mass is 32.3. The van der Waals surface area contributed by atoms with Crippen molar-refractivity contribution in [3.05, 3.63) is 289 Å². The summed E-state index contributed by atoms with van der Waals surface area (Å²) >= 11 is 0. The molecular weight excluding hydrogens is 882 g/mol. The van der Waals surface area contributed by atoms with Gasteiger partial charge in [0.2, 0.25) is 0 Å². The predicted molar refractivity (Wildman–Crippen MR) is 293 cm³/mol. The molecule has 0 amide bonds. The summed E-state index contributed by atoms with van der Waals surface area (Å²) in [6, 6.07) is 93.1. The molecule has 1 heterocycles. The van der Waals surface area contributed by atoms with Crippen LogP contribution >= 0.6 is 41.7 Å². The number of hydrogen-bond donors (Lipinski definition) is 0. The first-order chi connectivity index (χ1) is 31.7. The normalized spacial score (nSPS) is 18.1. The first-order valence-electron chi connectivity index (χ1n) is 21.9. The van der Waals surface area contributed by atoms with E-state index in [2.05, 4.69) is 273 Å². The van der Waals surface area contributed by atoms with Crippen LogP contribution in [0.1, 0.15) is 6.42 Å². The van der Waals surface area contributed by atoms with Gasteiger partial charge in [0.05, 0.1) is 0 Å². The van der Waals surface area contributed by atoms with Crippen LogP contribution in [0.25, 0.3) is 0 Å². The van der Waals surface area contributed by atoms with E-state index in [4.69, 9.17) is 0 Å². The van der Waals surface area contributed by atoms with Gasteiger partial charge in [-0.2, -0.15) is 0 Å². The Hall–Kier alpha value is -5.09. The van der Waals surface area contributed by atoms with Gasteiger partial charge in [-0.3, -0.25) is 0 Å². The predicted octanol–water partition coefficient (Wildman–Crippen LogP) is 14.0. The highest BCUT2D eigenvalue weighted by Gasteiger charge is 2.52. The minimum absolute atomic E-state index is 0.911. The zero-order valence-corrected chi connectivity index (χ0v) is 40.7. The second kappa shape index (κ2) is 17.7. The van der Waals surface area contributed by atoms with E-state index in [1.165, 1.54) is 73.5 Å². The maximum atomic E-state index is 2.77. The summed E-state index contributed by atoms with van der Waals surface area (Å²) in [6.07, 6.45) is 14.2. The molecule has 0 saturated carbocycles. The van der Waals surface area contributed by atoms with Gasteiger partial charge in [-0.15, -0.1) is 0 Å². The number of allylic oxidation sites excluding steroid dienone is 8. The van der Waals surface area contributed by atoms with E-state index in [0.717, 1.165) is 6.42 Å². The van der Waals surface area contributed by atoms with Gasteiger partial charge in [0.1, 0.15) is 23.5 Å². The van der Waals surface area contributed by atoms with Crippen molar-refractivity contribution in [2.24, 2.45) is 0 Å². The molecule has 3 aliphatic rings. The second-order valence-corrected chi connectivity index (χ2v) is 39.4. The zero-order chi connectivity index (χ0) is 42.9. The average Bonchev–Trinajstić information content (AvgIpc) is 4.10. The first kappa shape index (κ1) is 41.6. The van der Waals surface area contributed by atoms with Crippen LogP contribution in [0.5, 0.6) is 0 Å². The molecule has 0 fully saturated rings. The van der Waals surface area contributed by atoms with E-state index in [-0.39, 0.29) is 0 Å². The van der Waals surface area contributed by atoms with Crippen LogP contribution in [-0.2, 0) is 0 Å². The molecule has 8 aromatic rings. The topological polar surface area (TPSA) is 0 Å². The summed E-state index contributed by atoms with van der Waals surface area (Å²) in [5.74, 6) is 0.